The van der Waals surface area contributed by atoms with Crippen molar-refractivity contribution in [2.75, 3.05) is 42.1 Å². The van der Waals surface area contributed by atoms with Gasteiger partial charge in [-0.2, -0.15) is 0 Å². The smallest absolute Gasteiger partial charge is 0.231 e. The van der Waals surface area contributed by atoms with E-state index in [4.69, 9.17) is 0 Å². The minimum absolute atomic E-state index is 0.174. The standard InChI is InChI=1S/C22H32FN3O4S/c1-24(31(2,29)30)17-6-9-20(19(23)14-17)25-12-3-10-22(15-25)11-13-26(21(22)28)16-4-7-18(27)8-5-16/h6,9,14,16,18,27H,3-5,7-8,10-13,15H2,1-2H3/t16-,18-,22?. The van der Waals surface area contributed by atoms with Gasteiger partial charge in [-0.1, -0.05) is 0 Å². The van der Waals surface area contributed by atoms with Crippen molar-refractivity contribution in [1.82, 2.24) is 4.90 Å². The number of nitrogens with zero attached hydrogens (tertiary/aromatic N) is 3. The van der Waals surface area contributed by atoms with Crippen LogP contribution in [0.3, 0.4) is 0 Å². The summed E-state index contributed by atoms with van der Waals surface area (Å²) in [6, 6.07) is 4.67. The zero-order chi connectivity index (χ0) is 22.4. The summed E-state index contributed by atoms with van der Waals surface area (Å²) < 4.78 is 39.5. The summed E-state index contributed by atoms with van der Waals surface area (Å²) >= 11 is 0. The van der Waals surface area contributed by atoms with Crippen molar-refractivity contribution in [3.8, 4) is 0 Å². The second kappa shape index (κ2) is 8.24. The highest BCUT2D eigenvalue weighted by Gasteiger charge is 2.50. The number of anilines is 2. The summed E-state index contributed by atoms with van der Waals surface area (Å²) in [4.78, 5) is 17.4. The fourth-order valence-corrected chi connectivity index (χ4v) is 5.92. The van der Waals surface area contributed by atoms with Crippen LogP contribution in [0.1, 0.15) is 44.9 Å². The van der Waals surface area contributed by atoms with E-state index in [1.807, 2.05) is 9.80 Å². The molecule has 7 nitrogen and oxygen atoms in total. The molecule has 31 heavy (non-hydrogen) atoms. The number of likely N-dealkylation sites (tertiary alicyclic amines) is 1. The Morgan fingerprint density at radius 1 is 1.16 bits per heavy atom. The van der Waals surface area contributed by atoms with Crippen LogP contribution in [0.4, 0.5) is 15.8 Å². The van der Waals surface area contributed by atoms with Crippen LogP contribution in [-0.2, 0) is 14.8 Å². The number of carbonyl (C=O) groups excluding carboxylic acids is 1. The highest BCUT2D eigenvalue weighted by atomic mass is 32.2. The van der Waals surface area contributed by atoms with Crippen molar-refractivity contribution in [2.45, 2.75) is 57.1 Å². The van der Waals surface area contributed by atoms with E-state index >= 15 is 0 Å². The molecule has 3 fully saturated rings. The monoisotopic (exact) mass is 453 g/mol. The third-order valence-corrected chi connectivity index (χ3v) is 8.57. The first-order valence-corrected chi connectivity index (χ1v) is 12.9. The number of sulfonamides is 1. The Morgan fingerprint density at radius 2 is 1.87 bits per heavy atom. The zero-order valence-corrected chi connectivity index (χ0v) is 19.1. The largest absolute Gasteiger partial charge is 0.393 e. The van der Waals surface area contributed by atoms with Gasteiger partial charge in [0.15, 0.2) is 0 Å². The number of halogens is 1. The van der Waals surface area contributed by atoms with Gasteiger partial charge in [0.1, 0.15) is 5.82 Å². The van der Waals surface area contributed by atoms with Crippen LogP contribution in [0.25, 0.3) is 0 Å². The second-order valence-electron chi connectivity index (χ2n) is 9.38. The summed E-state index contributed by atoms with van der Waals surface area (Å²) in [7, 11) is -2.07. The summed E-state index contributed by atoms with van der Waals surface area (Å²) in [5, 5.41) is 9.78. The molecule has 3 aliphatic rings. The summed E-state index contributed by atoms with van der Waals surface area (Å²) in [6.07, 6.45) is 6.40. The first-order valence-electron chi connectivity index (χ1n) is 11.1. The number of carbonyl (C=O) groups is 1. The number of aliphatic hydroxyl groups excluding tert-OH is 1. The summed E-state index contributed by atoms with van der Waals surface area (Å²) in [5.41, 5.74) is 0.207. The van der Waals surface area contributed by atoms with E-state index in [9.17, 15) is 22.7 Å². The molecule has 1 unspecified atom stereocenters. The average molecular weight is 454 g/mol. The van der Waals surface area contributed by atoms with Crippen LogP contribution >= 0.6 is 0 Å². The average Bonchev–Trinajstić information content (AvgIpc) is 3.03. The van der Waals surface area contributed by atoms with Crippen LogP contribution in [0.15, 0.2) is 18.2 Å². The van der Waals surface area contributed by atoms with Crippen LogP contribution in [0.5, 0.6) is 0 Å². The van der Waals surface area contributed by atoms with Gasteiger partial charge in [-0.25, -0.2) is 12.8 Å². The van der Waals surface area contributed by atoms with Crippen molar-refractivity contribution < 1.29 is 22.7 Å². The van der Waals surface area contributed by atoms with E-state index < -0.39 is 21.3 Å². The quantitative estimate of drug-likeness (QED) is 0.757. The predicted octanol–water partition coefficient (Wildman–Crippen LogP) is 2.34. The number of aliphatic hydroxyl groups is 1. The van der Waals surface area contributed by atoms with Gasteiger partial charge in [0.2, 0.25) is 15.9 Å². The van der Waals surface area contributed by atoms with Crippen molar-refractivity contribution in [2.24, 2.45) is 5.41 Å². The Hall–Kier alpha value is -1.87. The molecule has 2 heterocycles. The lowest BCUT2D eigenvalue weighted by atomic mass is 9.78. The number of benzene rings is 1. The molecule has 1 atom stereocenters. The van der Waals surface area contributed by atoms with Crippen LogP contribution in [-0.4, -0.2) is 69.4 Å². The topological polar surface area (TPSA) is 81.2 Å². The Kier molecular flexibility index (Phi) is 5.93. The SMILES string of the molecule is CN(c1ccc(N2CCCC3(CCN([C@H]4CC[C@H](O)CC4)C3=O)C2)c(F)c1)S(C)(=O)=O. The highest BCUT2D eigenvalue weighted by Crippen LogP contribution is 2.44. The molecule has 2 aliphatic heterocycles. The first-order chi connectivity index (χ1) is 14.6. The maximum absolute atomic E-state index is 15.0. The minimum atomic E-state index is -3.47. The highest BCUT2D eigenvalue weighted by molar-refractivity contribution is 7.92. The van der Waals surface area contributed by atoms with Crippen molar-refractivity contribution in [3.63, 3.8) is 0 Å². The normalized spacial score (nSPS) is 29.6. The maximum Gasteiger partial charge on any atom is 0.231 e. The van der Waals surface area contributed by atoms with Gasteiger partial charge >= 0.3 is 0 Å². The Labute approximate surface area is 183 Å². The van der Waals surface area contributed by atoms with E-state index in [1.54, 1.807) is 12.1 Å². The molecule has 1 aliphatic carbocycles. The van der Waals surface area contributed by atoms with Gasteiger partial charge in [-0.05, 0) is 57.1 Å². The molecular formula is C22H32FN3O4S. The van der Waals surface area contributed by atoms with Crippen molar-refractivity contribution >= 4 is 27.3 Å². The van der Waals surface area contributed by atoms with Crippen LogP contribution < -0.4 is 9.21 Å². The number of hydrogen-bond donors (Lipinski definition) is 1. The molecule has 172 valence electrons. The molecule has 2 saturated heterocycles. The zero-order valence-electron chi connectivity index (χ0n) is 18.3. The van der Waals surface area contributed by atoms with Crippen molar-refractivity contribution in [1.29, 1.82) is 0 Å². The van der Waals surface area contributed by atoms with E-state index in [-0.39, 0.29) is 23.7 Å². The Bertz CT molecular complexity index is 948. The molecule has 1 aromatic rings. The number of hydrogen-bond acceptors (Lipinski definition) is 5. The summed E-state index contributed by atoms with van der Waals surface area (Å²) in [6.45, 7) is 1.88. The second-order valence-corrected chi connectivity index (χ2v) is 11.4. The van der Waals surface area contributed by atoms with Gasteiger partial charge in [-0.15, -0.1) is 0 Å². The fourth-order valence-electron chi connectivity index (χ4n) is 5.42. The molecule has 1 N–H and O–H groups in total. The Morgan fingerprint density at radius 3 is 2.52 bits per heavy atom. The third-order valence-electron chi connectivity index (χ3n) is 7.36. The molecule has 1 aromatic carbocycles. The number of rotatable bonds is 4. The predicted molar refractivity (Wildman–Crippen MR) is 118 cm³/mol. The lowest BCUT2D eigenvalue weighted by molar-refractivity contribution is -0.139. The van der Waals surface area contributed by atoms with Gasteiger partial charge < -0.3 is 14.9 Å². The molecule has 0 bridgehead atoms. The van der Waals surface area contributed by atoms with Gasteiger partial charge in [0.25, 0.3) is 0 Å². The molecule has 9 heteroatoms. The van der Waals surface area contributed by atoms with E-state index in [0.29, 0.717) is 18.8 Å². The lowest BCUT2D eigenvalue weighted by Gasteiger charge is -2.41. The molecule has 1 spiro atoms. The molecule has 1 amide bonds. The third kappa shape index (κ3) is 4.26. The molecule has 4 rings (SSSR count). The van der Waals surface area contributed by atoms with Gasteiger partial charge in [-0.3, -0.25) is 9.10 Å². The van der Waals surface area contributed by atoms with Gasteiger partial charge in [0, 0.05) is 38.8 Å². The summed E-state index contributed by atoms with van der Waals surface area (Å²) in [5.74, 6) is -0.305. The minimum Gasteiger partial charge on any atom is -0.393 e. The van der Waals surface area contributed by atoms with Gasteiger partial charge in [0.05, 0.1) is 29.1 Å². The Balaban J connectivity index is 1.51. The fraction of sp³-hybridized carbons (Fsp3) is 0.682. The number of piperidine rings is 1. The van der Waals surface area contributed by atoms with Crippen LogP contribution in [0, 0.1) is 11.2 Å². The first kappa shape index (κ1) is 22.3. The lowest BCUT2D eigenvalue weighted by Crippen LogP contribution is -2.50. The van der Waals surface area contributed by atoms with Crippen molar-refractivity contribution in [3.05, 3.63) is 24.0 Å². The van der Waals surface area contributed by atoms with E-state index in [0.717, 1.165) is 62.1 Å². The molecule has 0 radical (unpaired) electrons. The molecule has 1 saturated carbocycles. The maximum atomic E-state index is 15.0. The molecule has 0 aromatic heterocycles. The number of amides is 1. The van der Waals surface area contributed by atoms with E-state index in [1.165, 1.54) is 13.1 Å². The molecular weight excluding hydrogens is 421 g/mol. The van der Waals surface area contributed by atoms with E-state index in [2.05, 4.69) is 0 Å². The van der Waals surface area contributed by atoms with Crippen LogP contribution in [0.2, 0.25) is 0 Å².